The Hall–Kier alpha value is -3.24. The first-order valence-corrected chi connectivity index (χ1v) is 9.30. The minimum absolute atomic E-state index is 0.103. The number of amides is 1. The van der Waals surface area contributed by atoms with E-state index in [-0.39, 0.29) is 18.3 Å². The molecule has 0 aliphatic rings. The number of aliphatic hydroxyl groups excluding tert-OH is 1. The first-order valence-electron chi connectivity index (χ1n) is 9.30. The van der Waals surface area contributed by atoms with Crippen molar-refractivity contribution in [3.63, 3.8) is 0 Å². The average molecular weight is 373 g/mol. The standard InChI is InChI=1S/C24H23NO3/c26-17-20-7-4-8-21(15-20)24(28)25-22-12-9-19(10-13-22)16-23(27)14-11-18-5-2-1-3-6-18/h1-10,12-13,15,26H,11,14,16-17H2,(H,25,28). The second-order valence-corrected chi connectivity index (χ2v) is 6.71. The van der Waals surface area contributed by atoms with Crippen molar-refractivity contribution < 1.29 is 14.7 Å². The molecule has 0 spiro atoms. The van der Waals surface area contributed by atoms with Crippen LogP contribution in [-0.2, 0) is 24.2 Å². The summed E-state index contributed by atoms with van der Waals surface area (Å²) in [5.74, 6) is -0.0385. The molecule has 0 atom stereocenters. The smallest absolute Gasteiger partial charge is 0.255 e. The van der Waals surface area contributed by atoms with Gasteiger partial charge in [-0.25, -0.2) is 0 Å². The Kier molecular flexibility index (Phi) is 6.71. The van der Waals surface area contributed by atoms with Crippen molar-refractivity contribution in [3.8, 4) is 0 Å². The van der Waals surface area contributed by atoms with Gasteiger partial charge >= 0.3 is 0 Å². The molecular formula is C24H23NO3. The van der Waals surface area contributed by atoms with E-state index in [9.17, 15) is 14.7 Å². The van der Waals surface area contributed by atoms with Gasteiger partial charge in [0.1, 0.15) is 5.78 Å². The number of hydrogen-bond donors (Lipinski definition) is 2. The van der Waals surface area contributed by atoms with Crippen LogP contribution in [0.15, 0.2) is 78.9 Å². The summed E-state index contributed by atoms with van der Waals surface area (Å²) < 4.78 is 0. The van der Waals surface area contributed by atoms with Crippen LogP contribution in [0.2, 0.25) is 0 Å². The van der Waals surface area contributed by atoms with Crippen molar-refractivity contribution in [1.29, 1.82) is 0 Å². The highest BCUT2D eigenvalue weighted by atomic mass is 16.3. The van der Waals surface area contributed by atoms with Crippen LogP contribution in [0.25, 0.3) is 0 Å². The largest absolute Gasteiger partial charge is 0.392 e. The van der Waals surface area contributed by atoms with Crippen molar-refractivity contribution in [2.45, 2.75) is 25.9 Å². The van der Waals surface area contributed by atoms with Crippen LogP contribution in [0.3, 0.4) is 0 Å². The number of Topliss-reactive ketones (excluding diaryl/α,β-unsaturated/α-hetero) is 1. The minimum atomic E-state index is -0.234. The Balaban J connectivity index is 1.52. The maximum absolute atomic E-state index is 12.3. The van der Waals surface area contributed by atoms with Crippen LogP contribution in [-0.4, -0.2) is 16.8 Å². The molecule has 0 radical (unpaired) electrons. The molecule has 4 nitrogen and oxygen atoms in total. The number of carbonyl (C=O) groups excluding carboxylic acids is 2. The Labute approximate surface area is 164 Å². The molecule has 142 valence electrons. The zero-order chi connectivity index (χ0) is 19.8. The maximum atomic E-state index is 12.3. The van der Waals surface area contributed by atoms with Crippen molar-refractivity contribution in [2.24, 2.45) is 0 Å². The molecule has 0 heterocycles. The second kappa shape index (κ2) is 9.62. The SMILES string of the molecule is O=C(CCc1ccccc1)Cc1ccc(NC(=O)c2cccc(CO)c2)cc1. The fraction of sp³-hybridized carbons (Fsp3) is 0.167. The summed E-state index contributed by atoms with van der Waals surface area (Å²) in [5, 5.41) is 12.0. The second-order valence-electron chi connectivity index (χ2n) is 6.71. The van der Waals surface area contributed by atoms with Gasteiger partial charge in [0, 0.05) is 24.1 Å². The normalized spacial score (nSPS) is 10.5. The van der Waals surface area contributed by atoms with E-state index < -0.39 is 0 Å². The van der Waals surface area contributed by atoms with Crippen LogP contribution < -0.4 is 5.32 Å². The molecule has 0 aliphatic carbocycles. The van der Waals surface area contributed by atoms with Gasteiger partial charge in [-0.2, -0.15) is 0 Å². The van der Waals surface area contributed by atoms with E-state index >= 15 is 0 Å². The van der Waals surface area contributed by atoms with E-state index in [4.69, 9.17) is 0 Å². The summed E-state index contributed by atoms with van der Waals surface area (Å²) >= 11 is 0. The fourth-order valence-electron chi connectivity index (χ4n) is 2.96. The molecule has 0 aromatic heterocycles. The Bertz CT molecular complexity index is 934. The van der Waals surface area contributed by atoms with Crippen LogP contribution >= 0.6 is 0 Å². The lowest BCUT2D eigenvalue weighted by molar-refractivity contribution is -0.118. The number of carbonyl (C=O) groups is 2. The minimum Gasteiger partial charge on any atom is -0.392 e. The molecule has 1 amide bonds. The molecular weight excluding hydrogens is 350 g/mol. The third kappa shape index (κ3) is 5.63. The van der Waals surface area contributed by atoms with Crippen molar-refractivity contribution in [3.05, 3.63) is 101 Å². The van der Waals surface area contributed by atoms with E-state index in [0.717, 1.165) is 12.0 Å². The van der Waals surface area contributed by atoms with Gasteiger partial charge in [-0.1, -0.05) is 54.6 Å². The summed E-state index contributed by atoms with van der Waals surface area (Å²) in [6.45, 7) is -0.103. The fourth-order valence-corrected chi connectivity index (χ4v) is 2.96. The molecule has 4 heteroatoms. The van der Waals surface area contributed by atoms with Gasteiger partial charge in [0.2, 0.25) is 0 Å². The van der Waals surface area contributed by atoms with E-state index in [1.165, 1.54) is 5.56 Å². The van der Waals surface area contributed by atoms with Gasteiger partial charge in [-0.15, -0.1) is 0 Å². The van der Waals surface area contributed by atoms with Crippen molar-refractivity contribution >= 4 is 17.4 Å². The van der Waals surface area contributed by atoms with Gasteiger partial charge < -0.3 is 10.4 Å². The van der Waals surface area contributed by atoms with Crippen LogP contribution in [0, 0.1) is 0 Å². The lowest BCUT2D eigenvalue weighted by Crippen LogP contribution is -2.12. The number of anilines is 1. The quantitative estimate of drug-likeness (QED) is 0.623. The van der Waals surface area contributed by atoms with Crippen LogP contribution in [0.5, 0.6) is 0 Å². The predicted octanol–water partition coefficient (Wildman–Crippen LogP) is 4.18. The van der Waals surface area contributed by atoms with Crippen LogP contribution in [0.4, 0.5) is 5.69 Å². The molecule has 0 fully saturated rings. The summed E-state index contributed by atoms with van der Waals surface area (Å²) in [6.07, 6.45) is 1.66. The number of aliphatic hydroxyl groups is 1. The number of nitrogens with one attached hydrogen (secondary N) is 1. The number of ketones is 1. The molecule has 0 saturated carbocycles. The maximum Gasteiger partial charge on any atom is 0.255 e. The molecule has 28 heavy (non-hydrogen) atoms. The Morgan fingerprint density at radius 3 is 2.21 bits per heavy atom. The summed E-state index contributed by atoms with van der Waals surface area (Å²) in [7, 11) is 0. The zero-order valence-corrected chi connectivity index (χ0v) is 15.6. The first kappa shape index (κ1) is 19.5. The highest BCUT2D eigenvalue weighted by Gasteiger charge is 2.08. The summed E-state index contributed by atoms with van der Waals surface area (Å²) in [6, 6.07) is 24.2. The van der Waals surface area contributed by atoms with Crippen molar-refractivity contribution in [1.82, 2.24) is 0 Å². The molecule has 0 bridgehead atoms. The highest BCUT2D eigenvalue weighted by Crippen LogP contribution is 2.14. The predicted molar refractivity (Wildman–Crippen MR) is 110 cm³/mol. The van der Waals surface area contributed by atoms with Gasteiger partial charge in [-0.3, -0.25) is 9.59 Å². The van der Waals surface area contributed by atoms with E-state index in [1.54, 1.807) is 36.4 Å². The number of rotatable bonds is 8. The van der Waals surface area contributed by atoms with Crippen LogP contribution in [0.1, 0.15) is 33.5 Å². The van der Waals surface area contributed by atoms with Gasteiger partial charge in [0.15, 0.2) is 0 Å². The van der Waals surface area contributed by atoms with Gasteiger partial charge in [0.05, 0.1) is 6.61 Å². The molecule has 3 aromatic rings. The van der Waals surface area contributed by atoms with E-state index in [2.05, 4.69) is 5.32 Å². The lowest BCUT2D eigenvalue weighted by Gasteiger charge is -2.08. The molecule has 3 rings (SSSR count). The lowest BCUT2D eigenvalue weighted by atomic mass is 10.0. The summed E-state index contributed by atoms with van der Waals surface area (Å²) in [5.41, 5.74) is 3.95. The molecule has 2 N–H and O–H groups in total. The molecule has 0 saturated heterocycles. The number of benzene rings is 3. The topological polar surface area (TPSA) is 66.4 Å². The summed E-state index contributed by atoms with van der Waals surface area (Å²) in [4.78, 5) is 24.5. The van der Waals surface area contributed by atoms with Crippen molar-refractivity contribution in [2.75, 3.05) is 5.32 Å². The monoisotopic (exact) mass is 373 g/mol. The molecule has 0 unspecified atom stereocenters. The highest BCUT2D eigenvalue weighted by molar-refractivity contribution is 6.04. The Morgan fingerprint density at radius 2 is 1.50 bits per heavy atom. The Morgan fingerprint density at radius 1 is 0.786 bits per heavy atom. The number of hydrogen-bond acceptors (Lipinski definition) is 3. The number of aryl methyl sites for hydroxylation is 1. The molecule has 0 aliphatic heterocycles. The molecule has 3 aromatic carbocycles. The van der Waals surface area contributed by atoms with Gasteiger partial charge in [0.25, 0.3) is 5.91 Å². The third-order valence-corrected chi connectivity index (χ3v) is 4.52. The zero-order valence-electron chi connectivity index (χ0n) is 15.6. The van der Waals surface area contributed by atoms with E-state index in [0.29, 0.717) is 29.7 Å². The first-order chi connectivity index (χ1) is 13.6. The van der Waals surface area contributed by atoms with Gasteiger partial charge in [-0.05, 0) is 47.4 Å². The average Bonchev–Trinajstić information content (AvgIpc) is 2.74. The van der Waals surface area contributed by atoms with E-state index in [1.807, 2.05) is 42.5 Å². The third-order valence-electron chi connectivity index (χ3n) is 4.52.